The molecular formula is C13H22O3. The topological polar surface area (TPSA) is 35.5 Å². The summed E-state index contributed by atoms with van der Waals surface area (Å²) in [5.74, 6) is -0.128. The highest BCUT2D eigenvalue weighted by Gasteiger charge is 2.12. The van der Waals surface area contributed by atoms with Crippen LogP contribution >= 0.6 is 0 Å². The first kappa shape index (κ1) is 14.8. The Balaban J connectivity index is 3.98. The molecule has 0 spiro atoms. The fraction of sp³-hybridized carbons (Fsp3) is 0.615. The van der Waals surface area contributed by atoms with Gasteiger partial charge in [0.15, 0.2) is 0 Å². The molecule has 0 bridgehead atoms. The van der Waals surface area contributed by atoms with Crippen LogP contribution in [0.1, 0.15) is 40.5 Å². The molecule has 3 nitrogen and oxygen atoms in total. The lowest BCUT2D eigenvalue weighted by Crippen LogP contribution is -2.15. The van der Waals surface area contributed by atoms with Crippen LogP contribution in [0.5, 0.6) is 0 Å². The van der Waals surface area contributed by atoms with Crippen molar-refractivity contribution in [2.75, 3.05) is 6.61 Å². The van der Waals surface area contributed by atoms with Gasteiger partial charge in [0.2, 0.25) is 5.76 Å². The highest BCUT2D eigenvalue weighted by molar-refractivity contribution is 5.86. The molecule has 0 heterocycles. The van der Waals surface area contributed by atoms with Crippen LogP contribution in [0.3, 0.4) is 0 Å². The molecule has 0 saturated heterocycles. The summed E-state index contributed by atoms with van der Waals surface area (Å²) in [6, 6.07) is 0. The Labute approximate surface area is 98.1 Å². The van der Waals surface area contributed by atoms with Gasteiger partial charge in [0.25, 0.3) is 0 Å². The molecule has 0 aromatic heterocycles. The SMILES string of the molecule is C/C=C(/OC/C=C\CCC)C(=O)OC(C)C. The fourth-order valence-electron chi connectivity index (χ4n) is 1.02. The number of allylic oxidation sites excluding steroid dienone is 2. The molecule has 0 unspecified atom stereocenters. The average molecular weight is 226 g/mol. The summed E-state index contributed by atoms with van der Waals surface area (Å²) < 4.78 is 10.3. The first-order chi connectivity index (χ1) is 7.61. The zero-order valence-electron chi connectivity index (χ0n) is 10.7. The lowest BCUT2D eigenvalue weighted by Gasteiger charge is -2.10. The van der Waals surface area contributed by atoms with Crippen LogP contribution in [0.2, 0.25) is 0 Å². The van der Waals surface area contributed by atoms with E-state index in [2.05, 4.69) is 6.92 Å². The van der Waals surface area contributed by atoms with Gasteiger partial charge in [-0.05, 0) is 33.3 Å². The number of carbonyl (C=O) groups is 1. The van der Waals surface area contributed by atoms with Crippen LogP contribution in [-0.2, 0) is 14.3 Å². The lowest BCUT2D eigenvalue weighted by atomic mass is 10.3. The number of carbonyl (C=O) groups excluding carboxylic acids is 1. The smallest absolute Gasteiger partial charge is 0.373 e. The standard InChI is InChI=1S/C13H22O3/c1-5-7-8-9-10-15-12(6-2)13(14)16-11(3)4/h6,8-9,11H,5,7,10H2,1-4H3/b9-8-,12-6+. The fourth-order valence-corrected chi connectivity index (χ4v) is 1.02. The van der Waals surface area contributed by atoms with Crippen LogP contribution in [-0.4, -0.2) is 18.7 Å². The number of unbranched alkanes of at least 4 members (excludes halogenated alkanes) is 1. The summed E-state index contributed by atoms with van der Waals surface area (Å²) in [5, 5.41) is 0. The van der Waals surface area contributed by atoms with E-state index in [1.165, 1.54) is 0 Å². The van der Waals surface area contributed by atoms with E-state index < -0.39 is 5.97 Å². The Morgan fingerprint density at radius 2 is 2.00 bits per heavy atom. The molecule has 92 valence electrons. The number of esters is 1. The Hall–Kier alpha value is -1.25. The molecule has 0 aromatic rings. The summed E-state index contributed by atoms with van der Waals surface area (Å²) in [4.78, 5) is 11.5. The van der Waals surface area contributed by atoms with Crippen molar-refractivity contribution in [2.45, 2.75) is 46.6 Å². The molecule has 0 rings (SSSR count). The largest absolute Gasteiger partial charge is 0.483 e. The van der Waals surface area contributed by atoms with Crippen LogP contribution in [0.4, 0.5) is 0 Å². The number of hydrogen-bond donors (Lipinski definition) is 0. The summed E-state index contributed by atoms with van der Waals surface area (Å²) >= 11 is 0. The van der Waals surface area contributed by atoms with Crippen molar-refractivity contribution in [1.82, 2.24) is 0 Å². The molecular weight excluding hydrogens is 204 g/mol. The molecule has 0 radical (unpaired) electrons. The van der Waals surface area contributed by atoms with Gasteiger partial charge in [-0.2, -0.15) is 0 Å². The Morgan fingerprint density at radius 1 is 1.31 bits per heavy atom. The van der Waals surface area contributed by atoms with Crippen molar-refractivity contribution in [3.63, 3.8) is 0 Å². The molecule has 16 heavy (non-hydrogen) atoms. The maximum absolute atomic E-state index is 11.5. The molecule has 0 amide bonds. The molecule has 0 aromatic carbocycles. The van der Waals surface area contributed by atoms with Crippen LogP contribution in [0, 0.1) is 0 Å². The van der Waals surface area contributed by atoms with Gasteiger partial charge in [-0.1, -0.05) is 25.5 Å². The van der Waals surface area contributed by atoms with E-state index >= 15 is 0 Å². The quantitative estimate of drug-likeness (QED) is 0.289. The summed E-state index contributed by atoms with van der Waals surface area (Å²) in [5.41, 5.74) is 0. The van der Waals surface area contributed by atoms with Gasteiger partial charge in [-0.15, -0.1) is 0 Å². The molecule has 3 heteroatoms. The van der Waals surface area contributed by atoms with Gasteiger partial charge < -0.3 is 9.47 Å². The normalized spacial score (nSPS) is 12.2. The highest BCUT2D eigenvalue weighted by atomic mass is 16.6. The van der Waals surface area contributed by atoms with E-state index in [4.69, 9.17) is 9.47 Å². The highest BCUT2D eigenvalue weighted by Crippen LogP contribution is 2.03. The van der Waals surface area contributed by atoms with Crippen molar-refractivity contribution in [3.05, 3.63) is 24.0 Å². The maximum atomic E-state index is 11.5. The number of rotatable bonds is 7. The lowest BCUT2D eigenvalue weighted by molar-refractivity contribution is -0.146. The first-order valence-electron chi connectivity index (χ1n) is 5.76. The minimum Gasteiger partial charge on any atom is -0.483 e. The predicted molar refractivity (Wildman–Crippen MR) is 65.0 cm³/mol. The van der Waals surface area contributed by atoms with Crippen molar-refractivity contribution in [2.24, 2.45) is 0 Å². The van der Waals surface area contributed by atoms with Gasteiger partial charge >= 0.3 is 5.97 Å². The second-order valence-electron chi connectivity index (χ2n) is 3.68. The van der Waals surface area contributed by atoms with Crippen molar-refractivity contribution < 1.29 is 14.3 Å². The van der Waals surface area contributed by atoms with E-state index in [1.807, 2.05) is 26.0 Å². The van der Waals surface area contributed by atoms with E-state index in [0.717, 1.165) is 12.8 Å². The number of hydrogen-bond acceptors (Lipinski definition) is 3. The Kier molecular flexibility index (Phi) is 8.31. The van der Waals surface area contributed by atoms with Gasteiger partial charge in [0.1, 0.15) is 6.61 Å². The van der Waals surface area contributed by atoms with Crippen LogP contribution < -0.4 is 0 Å². The molecule has 0 atom stereocenters. The van der Waals surface area contributed by atoms with Crippen molar-refractivity contribution in [1.29, 1.82) is 0 Å². The van der Waals surface area contributed by atoms with E-state index in [9.17, 15) is 4.79 Å². The molecule has 0 aliphatic carbocycles. The molecule has 0 N–H and O–H groups in total. The summed E-state index contributed by atoms with van der Waals surface area (Å²) in [6.45, 7) is 7.90. The average Bonchev–Trinajstić information content (AvgIpc) is 2.22. The second-order valence-corrected chi connectivity index (χ2v) is 3.68. The van der Waals surface area contributed by atoms with Crippen molar-refractivity contribution >= 4 is 5.97 Å². The Bertz CT molecular complexity index is 252. The second kappa shape index (κ2) is 9.01. The van der Waals surface area contributed by atoms with Crippen LogP contribution in [0.25, 0.3) is 0 Å². The summed E-state index contributed by atoms with van der Waals surface area (Å²) in [7, 11) is 0. The maximum Gasteiger partial charge on any atom is 0.373 e. The van der Waals surface area contributed by atoms with Gasteiger partial charge in [-0.3, -0.25) is 0 Å². The number of ether oxygens (including phenoxy) is 2. The zero-order chi connectivity index (χ0) is 12.4. The van der Waals surface area contributed by atoms with Gasteiger partial charge in [-0.25, -0.2) is 4.79 Å². The summed E-state index contributed by atoms with van der Waals surface area (Å²) in [6.07, 6.45) is 7.60. The predicted octanol–water partition coefficient (Wildman–Crippen LogP) is 3.21. The minimum atomic E-state index is -0.401. The van der Waals surface area contributed by atoms with E-state index in [-0.39, 0.29) is 11.9 Å². The third-order valence-electron chi connectivity index (χ3n) is 1.76. The van der Waals surface area contributed by atoms with E-state index in [1.54, 1.807) is 13.0 Å². The van der Waals surface area contributed by atoms with Gasteiger partial charge in [0.05, 0.1) is 6.10 Å². The minimum absolute atomic E-state index is 0.123. The van der Waals surface area contributed by atoms with E-state index in [0.29, 0.717) is 6.61 Å². The zero-order valence-corrected chi connectivity index (χ0v) is 10.7. The monoisotopic (exact) mass is 226 g/mol. The first-order valence-corrected chi connectivity index (χ1v) is 5.76. The molecule has 0 saturated carbocycles. The molecule has 0 aliphatic heterocycles. The Morgan fingerprint density at radius 3 is 2.50 bits per heavy atom. The molecule has 0 aliphatic rings. The third kappa shape index (κ3) is 7.10. The van der Waals surface area contributed by atoms with Gasteiger partial charge in [0, 0.05) is 0 Å². The third-order valence-corrected chi connectivity index (χ3v) is 1.76. The molecule has 0 fully saturated rings. The van der Waals surface area contributed by atoms with Crippen molar-refractivity contribution in [3.8, 4) is 0 Å². The van der Waals surface area contributed by atoms with Crippen LogP contribution in [0.15, 0.2) is 24.0 Å².